The molecule has 1 amide bonds. The highest BCUT2D eigenvalue weighted by molar-refractivity contribution is 5.80. The number of nitrogens with zero attached hydrogens (tertiary/aromatic N) is 1. The number of hydrogen-bond acceptors (Lipinski definition) is 4. The quantitative estimate of drug-likeness (QED) is 0.815. The van der Waals surface area contributed by atoms with Gasteiger partial charge in [-0.05, 0) is 24.3 Å². The van der Waals surface area contributed by atoms with Crippen molar-refractivity contribution in [1.82, 2.24) is 10.3 Å². The summed E-state index contributed by atoms with van der Waals surface area (Å²) in [4.78, 5) is 15.5. The molecule has 0 unspecified atom stereocenters. The lowest BCUT2D eigenvalue weighted by atomic mass is 10.2. The van der Waals surface area contributed by atoms with Crippen molar-refractivity contribution >= 4 is 16.8 Å². The molecule has 0 saturated heterocycles. The molecular formula is C13H14N2O3. The molecule has 2 rings (SSSR count). The summed E-state index contributed by atoms with van der Waals surface area (Å²) in [7, 11) is 0. The molecule has 94 valence electrons. The highest BCUT2D eigenvalue weighted by atomic mass is 16.5. The number of hydrogen-bond donors (Lipinski definition) is 2. The Labute approximate surface area is 104 Å². The summed E-state index contributed by atoms with van der Waals surface area (Å²) in [5, 5.41) is 12.0. The van der Waals surface area contributed by atoms with Gasteiger partial charge in [0.2, 0.25) is 0 Å². The van der Waals surface area contributed by atoms with E-state index in [1.54, 1.807) is 12.3 Å². The maximum absolute atomic E-state index is 11.3. The number of carbonyl (C=O) groups excluding carboxylic acids is 1. The van der Waals surface area contributed by atoms with Crippen molar-refractivity contribution in [1.29, 1.82) is 0 Å². The van der Waals surface area contributed by atoms with Gasteiger partial charge in [0.15, 0.2) is 6.61 Å². The Bertz CT molecular complexity index is 543. The zero-order valence-corrected chi connectivity index (χ0v) is 9.80. The number of pyridine rings is 1. The van der Waals surface area contributed by atoms with E-state index < -0.39 is 0 Å². The molecule has 0 aliphatic rings. The number of benzene rings is 1. The van der Waals surface area contributed by atoms with Gasteiger partial charge in [0.25, 0.3) is 5.91 Å². The molecule has 2 N–H and O–H groups in total. The minimum atomic E-state index is -0.254. The molecule has 0 bridgehead atoms. The summed E-state index contributed by atoms with van der Waals surface area (Å²) < 4.78 is 5.35. The van der Waals surface area contributed by atoms with Gasteiger partial charge in [-0.25, -0.2) is 0 Å². The van der Waals surface area contributed by atoms with Crippen LogP contribution >= 0.6 is 0 Å². The third kappa shape index (κ3) is 3.18. The average Bonchev–Trinajstić information content (AvgIpc) is 2.42. The summed E-state index contributed by atoms with van der Waals surface area (Å²) in [5.41, 5.74) is 0.884. The van der Waals surface area contributed by atoms with Crippen LogP contribution in [-0.2, 0) is 4.79 Å². The SMILES string of the molecule is O=C(COc1ccc2ncccc2c1)NCCO. The van der Waals surface area contributed by atoms with Crippen molar-refractivity contribution in [2.24, 2.45) is 0 Å². The largest absolute Gasteiger partial charge is 0.484 e. The van der Waals surface area contributed by atoms with E-state index in [2.05, 4.69) is 10.3 Å². The summed E-state index contributed by atoms with van der Waals surface area (Å²) in [5.74, 6) is 0.366. The van der Waals surface area contributed by atoms with Crippen LogP contribution in [0.1, 0.15) is 0 Å². The van der Waals surface area contributed by atoms with Gasteiger partial charge < -0.3 is 15.2 Å². The normalized spacial score (nSPS) is 10.3. The predicted octanol–water partition coefficient (Wildman–Crippen LogP) is 0.722. The number of carbonyl (C=O) groups is 1. The molecule has 1 aromatic carbocycles. The van der Waals surface area contributed by atoms with Gasteiger partial charge >= 0.3 is 0 Å². The first-order chi connectivity index (χ1) is 8.79. The smallest absolute Gasteiger partial charge is 0.258 e. The molecule has 0 aliphatic heterocycles. The van der Waals surface area contributed by atoms with Crippen molar-refractivity contribution in [2.45, 2.75) is 0 Å². The van der Waals surface area contributed by atoms with Gasteiger partial charge in [0.05, 0.1) is 12.1 Å². The Morgan fingerprint density at radius 3 is 3.11 bits per heavy atom. The van der Waals surface area contributed by atoms with Crippen LogP contribution in [0.2, 0.25) is 0 Å². The first-order valence-electron chi connectivity index (χ1n) is 5.65. The van der Waals surface area contributed by atoms with Gasteiger partial charge in [0.1, 0.15) is 5.75 Å². The molecule has 1 heterocycles. The van der Waals surface area contributed by atoms with Crippen LogP contribution in [0.5, 0.6) is 5.75 Å². The number of ether oxygens (including phenoxy) is 1. The number of rotatable bonds is 5. The zero-order valence-electron chi connectivity index (χ0n) is 9.80. The van der Waals surface area contributed by atoms with Crippen LogP contribution in [0.15, 0.2) is 36.5 Å². The van der Waals surface area contributed by atoms with Crippen molar-refractivity contribution in [3.63, 3.8) is 0 Å². The fourth-order valence-corrected chi connectivity index (χ4v) is 1.54. The van der Waals surface area contributed by atoms with E-state index in [-0.39, 0.29) is 25.7 Å². The Balaban J connectivity index is 1.97. The van der Waals surface area contributed by atoms with E-state index in [1.165, 1.54) is 0 Å². The number of aliphatic hydroxyl groups is 1. The highest BCUT2D eigenvalue weighted by Gasteiger charge is 2.02. The van der Waals surface area contributed by atoms with Crippen molar-refractivity contribution < 1.29 is 14.6 Å². The number of aliphatic hydroxyl groups excluding tert-OH is 1. The van der Waals surface area contributed by atoms with Crippen LogP contribution in [0.3, 0.4) is 0 Å². The van der Waals surface area contributed by atoms with E-state index in [4.69, 9.17) is 9.84 Å². The van der Waals surface area contributed by atoms with Crippen LogP contribution in [0.4, 0.5) is 0 Å². The van der Waals surface area contributed by atoms with E-state index in [0.29, 0.717) is 5.75 Å². The lowest BCUT2D eigenvalue weighted by molar-refractivity contribution is -0.123. The van der Waals surface area contributed by atoms with E-state index in [1.807, 2.05) is 24.3 Å². The Hall–Kier alpha value is -2.14. The monoisotopic (exact) mass is 246 g/mol. The predicted molar refractivity (Wildman–Crippen MR) is 67.3 cm³/mol. The number of amides is 1. The lowest BCUT2D eigenvalue weighted by Gasteiger charge is -2.07. The summed E-state index contributed by atoms with van der Waals surface area (Å²) >= 11 is 0. The molecule has 0 radical (unpaired) electrons. The van der Waals surface area contributed by atoms with Crippen molar-refractivity contribution in [2.75, 3.05) is 19.8 Å². The number of nitrogens with one attached hydrogen (secondary N) is 1. The molecule has 0 saturated carbocycles. The number of fused-ring (bicyclic) bond motifs is 1. The van der Waals surface area contributed by atoms with Crippen molar-refractivity contribution in [3.8, 4) is 5.75 Å². The fourth-order valence-electron chi connectivity index (χ4n) is 1.54. The van der Waals surface area contributed by atoms with Gasteiger partial charge in [-0.3, -0.25) is 9.78 Å². The van der Waals surface area contributed by atoms with Crippen LogP contribution in [-0.4, -0.2) is 35.8 Å². The zero-order chi connectivity index (χ0) is 12.8. The molecule has 2 aromatic rings. The van der Waals surface area contributed by atoms with Crippen LogP contribution in [0.25, 0.3) is 10.9 Å². The lowest BCUT2D eigenvalue weighted by Crippen LogP contribution is -2.31. The second-order valence-electron chi connectivity index (χ2n) is 3.72. The molecule has 0 fully saturated rings. The highest BCUT2D eigenvalue weighted by Crippen LogP contribution is 2.18. The Morgan fingerprint density at radius 1 is 1.39 bits per heavy atom. The molecular weight excluding hydrogens is 232 g/mol. The van der Waals surface area contributed by atoms with E-state index >= 15 is 0 Å². The second-order valence-corrected chi connectivity index (χ2v) is 3.72. The molecule has 5 heteroatoms. The Morgan fingerprint density at radius 2 is 2.28 bits per heavy atom. The second kappa shape index (κ2) is 5.97. The standard InChI is InChI=1S/C13H14N2O3/c16-7-6-15-13(17)9-18-11-3-4-12-10(8-11)2-1-5-14-12/h1-5,8,16H,6-7,9H2,(H,15,17). The Kier molecular flexibility index (Phi) is 4.09. The van der Waals surface area contributed by atoms with E-state index in [9.17, 15) is 4.79 Å². The van der Waals surface area contributed by atoms with Gasteiger partial charge in [-0.2, -0.15) is 0 Å². The molecule has 0 aliphatic carbocycles. The topological polar surface area (TPSA) is 71.5 Å². The maximum Gasteiger partial charge on any atom is 0.258 e. The maximum atomic E-state index is 11.3. The van der Waals surface area contributed by atoms with Gasteiger partial charge in [-0.1, -0.05) is 6.07 Å². The van der Waals surface area contributed by atoms with Crippen LogP contribution in [0, 0.1) is 0 Å². The molecule has 5 nitrogen and oxygen atoms in total. The summed E-state index contributed by atoms with van der Waals surface area (Å²) in [6.45, 7) is 0.100. The molecule has 18 heavy (non-hydrogen) atoms. The first kappa shape index (κ1) is 12.3. The third-order valence-corrected chi connectivity index (χ3v) is 2.38. The fraction of sp³-hybridized carbons (Fsp3) is 0.231. The van der Waals surface area contributed by atoms with Crippen molar-refractivity contribution in [3.05, 3.63) is 36.5 Å². The average molecular weight is 246 g/mol. The van der Waals surface area contributed by atoms with E-state index in [0.717, 1.165) is 10.9 Å². The third-order valence-electron chi connectivity index (χ3n) is 2.38. The molecule has 0 atom stereocenters. The summed E-state index contributed by atoms with van der Waals surface area (Å²) in [6, 6.07) is 9.23. The minimum absolute atomic E-state index is 0.0637. The molecule has 0 spiro atoms. The van der Waals surface area contributed by atoms with Gasteiger partial charge in [0, 0.05) is 18.1 Å². The number of aromatic nitrogens is 1. The van der Waals surface area contributed by atoms with Gasteiger partial charge in [-0.15, -0.1) is 0 Å². The van der Waals surface area contributed by atoms with Crippen LogP contribution < -0.4 is 10.1 Å². The summed E-state index contributed by atoms with van der Waals surface area (Å²) in [6.07, 6.45) is 1.73. The minimum Gasteiger partial charge on any atom is -0.484 e. The molecule has 1 aromatic heterocycles. The first-order valence-corrected chi connectivity index (χ1v) is 5.65.